The van der Waals surface area contributed by atoms with E-state index in [-0.39, 0.29) is 17.5 Å². The van der Waals surface area contributed by atoms with Crippen LogP contribution in [0.2, 0.25) is 0 Å². The zero-order valence-corrected chi connectivity index (χ0v) is 23.8. The van der Waals surface area contributed by atoms with Crippen molar-refractivity contribution < 1.29 is 9.53 Å². The van der Waals surface area contributed by atoms with Crippen molar-refractivity contribution in [3.8, 4) is 0 Å². The Hall–Kier alpha value is -0.790. The molecular weight excluding hydrogens is 416 g/mol. The highest BCUT2D eigenvalue weighted by atomic mass is 16.5. The van der Waals surface area contributed by atoms with Gasteiger partial charge in [0.15, 0.2) is 0 Å². The van der Waals surface area contributed by atoms with Crippen LogP contribution in [0.1, 0.15) is 127 Å². The summed E-state index contributed by atoms with van der Waals surface area (Å²) >= 11 is 0. The zero-order valence-electron chi connectivity index (χ0n) is 23.8. The molecule has 0 aromatic carbocycles. The van der Waals surface area contributed by atoms with Crippen LogP contribution in [-0.2, 0) is 9.53 Å². The molecule has 0 aromatic heterocycles. The number of allylic oxidation sites excluding steroid dienone is 2. The first-order valence-corrected chi connectivity index (χ1v) is 14.5. The number of esters is 1. The van der Waals surface area contributed by atoms with E-state index in [2.05, 4.69) is 61.5 Å². The normalized spacial score (nSPS) is 51.1. The molecule has 4 fully saturated rings. The van der Waals surface area contributed by atoms with Gasteiger partial charge in [-0.25, -0.2) is 0 Å². The molecule has 0 unspecified atom stereocenters. The smallest absolute Gasteiger partial charge is 0.302 e. The van der Waals surface area contributed by atoms with Gasteiger partial charge in [-0.2, -0.15) is 0 Å². The van der Waals surface area contributed by atoms with Crippen molar-refractivity contribution in [1.29, 1.82) is 0 Å². The minimum absolute atomic E-state index is 0.0451. The summed E-state index contributed by atoms with van der Waals surface area (Å²) in [5.74, 6) is 2.01. The van der Waals surface area contributed by atoms with E-state index in [1.165, 1.54) is 57.8 Å². The van der Waals surface area contributed by atoms with Gasteiger partial charge in [-0.1, -0.05) is 67.0 Å². The van der Waals surface area contributed by atoms with Gasteiger partial charge >= 0.3 is 5.97 Å². The summed E-state index contributed by atoms with van der Waals surface area (Å²) in [5.41, 5.74) is 3.92. The van der Waals surface area contributed by atoms with E-state index in [1.54, 1.807) is 6.92 Å². The van der Waals surface area contributed by atoms with Gasteiger partial charge in [0.1, 0.15) is 6.10 Å². The molecule has 5 aliphatic carbocycles. The van der Waals surface area contributed by atoms with Gasteiger partial charge in [0.05, 0.1) is 0 Å². The fourth-order valence-electron chi connectivity index (χ4n) is 10.9. The first-order valence-electron chi connectivity index (χ1n) is 14.5. The quantitative estimate of drug-likeness (QED) is 0.284. The SMILES string of the molecule is CC(=O)O[C@H]1CC[C@@]2(C)[C@H](CC[C@]3(C)[C@@H]2CC=C2[C@@H]4CC(C)(C)CC[C@]4(C)CC[C@]23C)C1(C)C. The third-order valence-corrected chi connectivity index (χ3v) is 13.3. The van der Waals surface area contributed by atoms with Gasteiger partial charge in [0, 0.05) is 12.3 Å². The summed E-state index contributed by atoms with van der Waals surface area (Å²) in [6.07, 6.45) is 15.9. The maximum atomic E-state index is 11.9. The van der Waals surface area contributed by atoms with Crippen molar-refractivity contribution in [2.24, 2.45) is 50.2 Å². The second-order valence-corrected chi connectivity index (χ2v) is 15.8. The van der Waals surface area contributed by atoms with Gasteiger partial charge in [-0.15, -0.1) is 0 Å². The Morgan fingerprint density at radius 2 is 1.53 bits per heavy atom. The lowest BCUT2D eigenvalue weighted by Crippen LogP contribution is -2.64. The molecule has 192 valence electrons. The standard InChI is InChI=1S/C32H52O2/c1-21(33)34-26-13-14-30(7)24(28(26,4)5)12-15-32(9)25(30)11-10-22-23-20-27(2,3)16-17-29(23,6)18-19-31(22,32)8/h10,23-26H,11-20H2,1-9H3/t23-,24+,25+,26-,29+,30-,31+,32+/m0/s1. The lowest BCUT2D eigenvalue weighted by Gasteiger charge is -2.71. The predicted octanol–water partition coefficient (Wildman–Crippen LogP) is 8.74. The Balaban J connectivity index is 1.53. The lowest BCUT2D eigenvalue weighted by atomic mass is 9.33. The monoisotopic (exact) mass is 468 g/mol. The summed E-state index contributed by atoms with van der Waals surface area (Å²) in [6, 6.07) is 0. The van der Waals surface area contributed by atoms with E-state index in [0.29, 0.717) is 33.0 Å². The van der Waals surface area contributed by atoms with Crippen LogP contribution in [0.3, 0.4) is 0 Å². The Morgan fingerprint density at radius 1 is 0.853 bits per heavy atom. The molecule has 34 heavy (non-hydrogen) atoms. The molecule has 4 saturated carbocycles. The van der Waals surface area contributed by atoms with E-state index >= 15 is 0 Å². The predicted molar refractivity (Wildman–Crippen MR) is 140 cm³/mol. The first kappa shape index (κ1) is 24.9. The molecule has 0 N–H and O–H groups in total. The Kier molecular flexibility index (Phi) is 5.40. The van der Waals surface area contributed by atoms with E-state index in [4.69, 9.17) is 4.74 Å². The van der Waals surface area contributed by atoms with Crippen molar-refractivity contribution in [1.82, 2.24) is 0 Å². The van der Waals surface area contributed by atoms with Crippen molar-refractivity contribution in [2.75, 3.05) is 0 Å². The molecule has 0 spiro atoms. The molecule has 2 heteroatoms. The minimum Gasteiger partial charge on any atom is -0.462 e. The van der Waals surface area contributed by atoms with Crippen LogP contribution < -0.4 is 0 Å². The Morgan fingerprint density at radius 3 is 2.21 bits per heavy atom. The highest BCUT2D eigenvalue weighted by Gasteiger charge is 2.68. The highest BCUT2D eigenvalue weighted by Crippen LogP contribution is 2.75. The number of carbonyl (C=O) groups excluding carboxylic acids is 1. The fourth-order valence-corrected chi connectivity index (χ4v) is 10.9. The topological polar surface area (TPSA) is 26.3 Å². The van der Waals surface area contributed by atoms with Crippen LogP contribution in [0.4, 0.5) is 0 Å². The van der Waals surface area contributed by atoms with E-state index in [1.807, 2.05) is 5.57 Å². The van der Waals surface area contributed by atoms with Crippen LogP contribution >= 0.6 is 0 Å². The number of ether oxygens (including phenoxy) is 1. The van der Waals surface area contributed by atoms with Crippen LogP contribution in [0.15, 0.2) is 11.6 Å². The van der Waals surface area contributed by atoms with Crippen molar-refractivity contribution >= 4 is 5.97 Å². The largest absolute Gasteiger partial charge is 0.462 e. The molecule has 0 aromatic rings. The van der Waals surface area contributed by atoms with Gasteiger partial charge in [0.25, 0.3) is 0 Å². The van der Waals surface area contributed by atoms with E-state index < -0.39 is 0 Å². The molecule has 0 radical (unpaired) electrons. The summed E-state index contributed by atoms with van der Waals surface area (Å²) in [4.78, 5) is 11.9. The van der Waals surface area contributed by atoms with Crippen LogP contribution in [-0.4, -0.2) is 12.1 Å². The Labute approximate surface area is 210 Å². The zero-order chi connectivity index (χ0) is 24.9. The molecule has 0 bridgehead atoms. The maximum Gasteiger partial charge on any atom is 0.302 e. The van der Waals surface area contributed by atoms with Gasteiger partial charge in [0.2, 0.25) is 0 Å². The first-order chi connectivity index (χ1) is 15.6. The molecule has 5 rings (SSSR count). The molecule has 0 saturated heterocycles. The van der Waals surface area contributed by atoms with Crippen LogP contribution in [0, 0.1) is 50.2 Å². The molecule has 0 heterocycles. The number of hydrogen-bond acceptors (Lipinski definition) is 2. The molecule has 2 nitrogen and oxygen atoms in total. The summed E-state index contributed by atoms with van der Waals surface area (Å²) in [5, 5.41) is 0. The molecule has 8 atom stereocenters. The van der Waals surface area contributed by atoms with Crippen LogP contribution in [0.5, 0.6) is 0 Å². The molecule has 5 aliphatic rings. The lowest BCUT2D eigenvalue weighted by molar-refractivity contribution is -0.211. The van der Waals surface area contributed by atoms with Gasteiger partial charge in [-0.3, -0.25) is 4.79 Å². The van der Waals surface area contributed by atoms with Crippen molar-refractivity contribution in [3.05, 3.63) is 11.6 Å². The highest BCUT2D eigenvalue weighted by molar-refractivity contribution is 5.66. The summed E-state index contributed by atoms with van der Waals surface area (Å²) in [6.45, 7) is 22.0. The average molecular weight is 469 g/mol. The van der Waals surface area contributed by atoms with Crippen molar-refractivity contribution in [2.45, 2.75) is 133 Å². The van der Waals surface area contributed by atoms with Crippen molar-refractivity contribution in [3.63, 3.8) is 0 Å². The number of carbonyl (C=O) groups is 1. The summed E-state index contributed by atoms with van der Waals surface area (Å²) in [7, 11) is 0. The maximum absolute atomic E-state index is 11.9. The second-order valence-electron chi connectivity index (χ2n) is 15.8. The van der Waals surface area contributed by atoms with Gasteiger partial charge < -0.3 is 4.74 Å². The third kappa shape index (κ3) is 3.21. The summed E-state index contributed by atoms with van der Waals surface area (Å²) < 4.78 is 5.91. The Bertz CT molecular complexity index is 897. The van der Waals surface area contributed by atoms with Gasteiger partial charge in [-0.05, 0) is 109 Å². The van der Waals surface area contributed by atoms with E-state index in [9.17, 15) is 4.79 Å². The molecule has 0 aliphatic heterocycles. The minimum atomic E-state index is -0.110. The molecular formula is C32H52O2. The molecule has 0 amide bonds. The average Bonchev–Trinajstić information content (AvgIpc) is 2.72. The number of rotatable bonds is 1. The fraction of sp³-hybridized carbons (Fsp3) is 0.906. The third-order valence-electron chi connectivity index (χ3n) is 13.3. The number of hydrogen-bond donors (Lipinski definition) is 0. The second kappa shape index (κ2) is 7.38. The van der Waals surface area contributed by atoms with Crippen LogP contribution in [0.25, 0.3) is 0 Å². The van der Waals surface area contributed by atoms with E-state index in [0.717, 1.165) is 18.3 Å². The number of fused-ring (bicyclic) bond motifs is 7.